The highest BCUT2D eigenvalue weighted by Gasteiger charge is 2.36. The van der Waals surface area contributed by atoms with Gasteiger partial charge in [-0.3, -0.25) is 0 Å². The molecule has 1 aliphatic carbocycles. The van der Waals surface area contributed by atoms with Crippen molar-refractivity contribution in [3.8, 4) is 0 Å². The van der Waals surface area contributed by atoms with Crippen LogP contribution in [0.5, 0.6) is 0 Å². The minimum atomic E-state index is 0.490. The first-order chi connectivity index (χ1) is 6.72. The molecule has 2 unspecified atom stereocenters. The summed E-state index contributed by atoms with van der Waals surface area (Å²) >= 11 is 2.18. The Bertz CT molecular complexity index is 185. The van der Waals surface area contributed by atoms with Gasteiger partial charge in [0.1, 0.15) is 0 Å². The molecule has 1 saturated heterocycles. The maximum atomic E-state index is 3.73. The lowest BCUT2D eigenvalue weighted by Crippen LogP contribution is -2.36. The first-order valence-electron chi connectivity index (χ1n) is 6.11. The Kier molecular flexibility index (Phi) is 3.43. The van der Waals surface area contributed by atoms with E-state index in [4.69, 9.17) is 0 Å². The van der Waals surface area contributed by atoms with Gasteiger partial charge in [0.25, 0.3) is 0 Å². The molecule has 2 aliphatic rings. The molecule has 1 heterocycles. The van der Waals surface area contributed by atoms with E-state index in [1.807, 2.05) is 0 Å². The van der Waals surface area contributed by atoms with E-state index in [0.29, 0.717) is 4.87 Å². The molecular formula is C12H23NS. The van der Waals surface area contributed by atoms with Gasteiger partial charge < -0.3 is 5.32 Å². The van der Waals surface area contributed by atoms with Crippen molar-refractivity contribution in [2.24, 2.45) is 11.8 Å². The van der Waals surface area contributed by atoms with Crippen molar-refractivity contribution in [3.05, 3.63) is 0 Å². The van der Waals surface area contributed by atoms with E-state index in [9.17, 15) is 0 Å². The summed E-state index contributed by atoms with van der Waals surface area (Å²) in [6, 6.07) is 0. The highest BCUT2D eigenvalue weighted by atomic mass is 32.2. The van der Waals surface area contributed by atoms with Crippen LogP contribution in [0, 0.1) is 11.8 Å². The topological polar surface area (TPSA) is 12.0 Å². The molecular weight excluding hydrogens is 190 g/mol. The van der Waals surface area contributed by atoms with Crippen LogP contribution in [0.3, 0.4) is 0 Å². The fourth-order valence-corrected chi connectivity index (χ4v) is 4.25. The summed E-state index contributed by atoms with van der Waals surface area (Å²) in [4.78, 5) is 0.490. The molecule has 0 amide bonds. The molecule has 1 saturated carbocycles. The van der Waals surface area contributed by atoms with E-state index in [0.717, 1.165) is 11.8 Å². The molecule has 2 rings (SSSR count). The summed E-state index contributed by atoms with van der Waals surface area (Å²) in [5.41, 5.74) is 0. The Balaban J connectivity index is 1.93. The normalized spacial score (nSPS) is 39.2. The molecule has 14 heavy (non-hydrogen) atoms. The molecule has 0 aromatic rings. The number of nitrogens with one attached hydrogen (secondary N) is 1. The summed E-state index contributed by atoms with van der Waals surface area (Å²) in [5.74, 6) is 3.20. The number of hydrogen-bond donors (Lipinski definition) is 1. The summed E-state index contributed by atoms with van der Waals surface area (Å²) in [6.45, 7) is 6.01. The third-order valence-corrected chi connectivity index (χ3v) is 5.46. The van der Waals surface area contributed by atoms with Gasteiger partial charge >= 0.3 is 0 Å². The third-order valence-electron chi connectivity index (χ3n) is 3.94. The van der Waals surface area contributed by atoms with Crippen LogP contribution in [0.4, 0.5) is 0 Å². The monoisotopic (exact) mass is 213 g/mol. The van der Waals surface area contributed by atoms with E-state index in [-0.39, 0.29) is 0 Å². The van der Waals surface area contributed by atoms with E-state index in [1.165, 1.54) is 44.4 Å². The molecule has 1 spiro atoms. The van der Waals surface area contributed by atoms with E-state index in [2.05, 4.69) is 30.9 Å². The first kappa shape index (κ1) is 10.8. The summed E-state index contributed by atoms with van der Waals surface area (Å²) in [7, 11) is 0. The van der Waals surface area contributed by atoms with Gasteiger partial charge in [0.15, 0.2) is 0 Å². The fourth-order valence-electron chi connectivity index (χ4n) is 2.90. The lowest BCUT2D eigenvalue weighted by Gasteiger charge is -2.27. The van der Waals surface area contributed by atoms with Crippen molar-refractivity contribution in [1.29, 1.82) is 0 Å². The van der Waals surface area contributed by atoms with Crippen molar-refractivity contribution < 1.29 is 0 Å². The second kappa shape index (κ2) is 4.44. The predicted molar refractivity (Wildman–Crippen MR) is 64.6 cm³/mol. The van der Waals surface area contributed by atoms with Gasteiger partial charge in [0, 0.05) is 12.3 Å². The van der Waals surface area contributed by atoms with Crippen LogP contribution >= 0.6 is 11.8 Å². The van der Waals surface area contributed by atoms with Gasteiger partial charge in [-0.05, 0) is 31.1 Å². The first-order valence-corrected chi connectivity index (χ1v) is 7.09. The molecule has 0 aromatic heterocycles. The average molecular weight is 213 g/mol. The highest BCUT2D eigenvalue weighted by molar-refractivity contribution is 8.00. The fraction of sp³-hybridized carbons (Fsp3) is 1.00. The Hall–Kier alpha value is 0.310. The number of hydrogen-bond acceptors (Lipinski definition) is 2. The zero-order valence-electron chi connectivity index (χ0n) is 9.51. The molecule has 1 aliphatic heterocycles. The molecule has 82 valence electrons. The summed E-state index contributed by atoms with van der Waals surface area (Å²) < 4.78 is 0. The van der Waals surface area contributed by atoms with Crippen molar-refractivity contribution in [2.45, 2.75) is 50.8 Å². The standard InChI is InChI=1S/C12H23NS/c1-10(2)11-4-3-6-12(7-5-11)13-8-9-14-12/h10-11,13H,3-9H2,1-2H3. The maximum absolute atomic E-state index is 3.73. The Labute approximate surface area is 92.4 Å². The molecule has 0 aromatic carbocycles. The lowest BCUT2D eigenvalue weighted by molar-refractivity contribution is 0.336. The molecule has 2 atom stereocenters. The number of rotatable bonds is 1. The third kappa shape index (κ3) is 2.27. The van der Waals surface area contributed by atoms with E-state index in [1.54, 1.807) is 0 Å². The molecule has 2 fully saturated rings. The number of thioether (sulfide) groups is 1. The van der Waals surface area contributed by atoms with Crippen LogP contribution < -0.4 is 5.32 Å². The zero-order chi connectivity index (χ0) is 10.0. The second-order valence-electron chi connectivity index (χ2n) is 5.20. The van der Waals surface area contributed by atoms with Gasteiger partial charge in [-0.15, -0.1) is 11.8 Å². The van der Waals surface area contributed by atoms with Crippen molar-refractivity contribution in [3.63, 3.8) is 0 Å². The van der Waals surface area contributed by atoms with Crippen LogP contribution in [0.1, 0.15) is 46.0 Å². The minimum Gasteiger partial charge on any atom is -0.302 e. The van der Waals surface area contributed by atoms with Gasteiger partial charge in [0.05, 0.1) is 4.87 Å². The van der Waals surface area contributed by atoms with Crippen LogP contribution in [0.15, 0.2) is 0 Å². The molecule has 1 N–H and O–H groups in total. The highest BCUT2D eigenvalue weighted by Crippen LogP contribution is 2.42. The Morgan fingerprint density at radius 1 is 1.29 bits per heavy atom. The predicted octanol–water partition coefficient (Wildman–Crippen LogP) is 3.26. The lowest BCUT2D eigenvalue weighted by atomic mass is 9.89. The van der Waals surface area contributed by atoms with Crippen molar-refractivity contribution in [1.82, 2.24) is 5.32 Å². The Morgan fingerprint density at radius 2 is 2.14 bits per heavy atom. The van der Waals surface area contributed by atoms with Crippen LogP contribution in [-0.4, -0.2) is 17.2 Å². The van der Waals surface area contributed by atoms with Crippen LogP contribution in [0.25, 0.3) is 0 Å². The summed E-state index contributed by atoms with van der Waals surface area (Å²) in [6.07, 6.45) is 7.14. The minimum absolute atomic E-state index is 0.490. The molecule has 0 radical (unpaired) electrons. The smallest absolute Gasteiger partial charge is 0.0646 e. The quantitative estimate of drug-likeness (QED) is 0.717. The van der Waals surface area contributed by atoms with Gasteiger partial charge in [-0.1, -0.05) is 26.7 Å². The maximum Gasteiger partial charge on any atom is 0.0646 e. The molecule has 1 nitrogen and oxygen atoms in total. The van der Waals surface area contributed by atoms with Crippen molar-refractivity contribution >= 4 is 11.8 Å². The van der Waals surface area contributed by atoms with E-state index < -0.39 is 0 Å². The van der Waals surface area contributed by atoms with Crippen molar-refractivity contribution in [2.75, 3.05) is 12.3 Å². The van der Waals surface area contributed by atoms with Gasteiger partial charge in [0.2, 0.25) is 0 Å². The largest absolute Gasteiger partial charge is 0.302 e. The van der Waals surface area contributed by atoms with Gasteiger partial charge in [-0.2, -0.15) is 0 Å². The molecule has 2 heteroatoms. The molecule has 0 bridgehead atoms. The van der Waals surface area contributed by atoms with Gasteiger partial charge in [-0.25, -0.2) is 0 Å². The zero-order valence-corrected chi connectivity index (χ0v) is 10.3. The SMILES string of the molecule is CC(C)C1CCCC2(CC1)NCCS2. The van der Waals surface area contributed by atoms with E-state index >= 15 is 0 Å². The van der Waals surface area contributed by atoms with Crippen LogP contribution in [0.2, 0.25) is 0 Å². The average Bonchev–Trinajstić information content (AvgIpc) is 2.47. The second-order valence-corrected chi connectivity index (χ2v) is 6.68. The Morgan fingerprint density at radius 3 is 2.79 bits per heavy atom. The summed E-state index contributed by atoms with van der Waals surface area (Å²) in [5, 5.41) is 3.73. The van der Waals surface area contributed by atoms with Crippen LogP contribution in [-0.2, 0) is 0 Å².